The van der Waals surface area contributed by atoms with Crippen molar-refractivity contribution < 1.29 is 5.11 Å². The number of hydrogen-bond acceptors (Lipinski definition) is 2. The van der Waals surface area contributed by atoms with Gasteiger partial charge in [0, 0.05) is 18.7 Å². The molecule has 2 bridgehead atoms. The van der Waals surface area contributed by atoms with Crippen LogP contribution in [0.5, 0.6) is 5.75 Å². The summed E-state index contributed by atoms with van der Waals surface area (Å²) in [5.41, 5.74) is 2.21. The maximum atomic E-state index is 10.00. The molecule has 2 fully saturated rings. The monoisotopic (exact) mass is 245 g/mol. The van der Waals surface area contributed by atoms with Crippen molar-refractivity contribution in [1.29, 1.82) is 0 Å². The Morgan fingerprint density at radius 3 is 2.89 bits per heavy atom. The second kappa shape index (κ2) is 4.93. The van der Waals surface area contributed by atoms with Crippen molar-refractivity contribution in [2.45, 2.75) is 39.2 Å². The number of phenols is 1. The van der Waals surface area contributed by atoms with E-state index in [-0.39, 0.29) is 0 Å². The third kappa shape index (κ3) is 2.54. The quantitative estimate of drug-likeness (QED) is 0.864. The predicted octanol–water partition coefficient (Wildman–Crippen LogP) is 3.32. The average Bonchev–Trinajstić information content (AvgIpc) is 2.66. The second-order valence-electron chi connectivity index (χ2n) is 6.20. The molecule has 2 heteroatoms. The Bertz CT molecular complexity index is 429. The molecule has 1 N–H and O–H groups in total. The SMILES string of the molecule is Cc1ccc(CN2CC[C@@H]3CC[C@@H](C3)C2)c(O)c1. The van der Waals surface area contributed by atoms with Gasteiger partial charge in [0.2, 0.25) is 0 Å². The summed E-state index contributed by atoms with van der Waals surface area (Å²) in [5.74, 6) is 2.35. The van der Waals surface area contributed by atoms with Gasteiger partial charge in [0.05, 0.1) is 0 Å². The third-order valence-electron chi connectivity index (χ3n) is 4.65. The van der Waals surface area contributed by atoms with Crippen molar-refractivity contribution in [3.63, 3.8) is 0 Å². The van der Waals surface area contributed by atoms with E-state index in [0.717, 1.165) is 29.5 Å². The van der Waals surface area contributed by atoms with Crippen molar-refractivity contribution >= 4 is 0 Å². The Labute approximate surface area is 110 Å². The first-order valence-corrected chi connectivity index (χ1v) is 7.21. The van der Waals surface area contributed by atoms with Gasteiger partial charge < -0.3 is 5.11 Å². The van der Waals surface area contributed by atoms with Crippen LogP contribution in [-0.2, 0) is 6.54 Å². The molecule has 98 valence electrons. The fraction of sp³-hybridized carbons (Fsp3) is 0.625. The lowest BCUT2D eigenvalue weighted by Gasteiger charge is -2.25. The van der Waals surface area contributed by atoms with Crippen LogP contribution in [0, 0.1) is 18.8 Å². The molecule has 1 saturated heterocycles. The summed E-state index contributed by atoms with van der Waals surface area (Å²) >= 11 is 0. The van der Waals surface area contributed by atoms with Gasteiger partial charge in [-0.05, 0) is 56.2 Å². The number of phenolic OH excluding ortho intramolecular Hbond substituents is 1. The smallest absolute Gasteiger partial charge is 0.120 e. The van der Waals surface area contributed by atoms with E-state index in [2.05, 4.69) is 17.0 Å². The number of aryl methyl sites for hydroxylation is 1. The van der Waals surface area contributed by atoms with Crippen molar-refractivity contribution in [1.82, 2.24) is 4.90 Å². The first-order valence-electron chi connectivity index (χ1n) is 7.21. The number of nitrogens with zero attached hydrogens (tertiary/aromatic N) is 1. The lowest BCUT2D eigenvalue weighted by atomic mass is 10.0. The van der Waals surface area contributed by atoms with Crippen molar-refractivity contribution in [2.75, 3.05) is 13.1 Å². The van der Waals surface area contributed by atoms with Crippen molar-refractivity contribution in [2.24, 2.45) is 11.8 Å². The number of aromatic hydroxyl groups is 1. The maximum Gasteiger partial charge on any atom is 0.120 e. The van der Waals surface area contributed by atoms with Crippen LogP contribution in [0.15, 0.2) is 18.2 Å². The third-order valence-corrected chi connectivity index (χ3v) is 4.65. The molecule has 2 aliphatic rings. The highest BCUT2D eigenvalue weighted by molar-refractivity contribution is 5.35. The van der Waals surface area contributed by atoms with Gasteiger partial charge in [0.25, 0.3) is 0 Å². The number of rotatable bonds is 2. The Balaban J connectivity index is 1.68. The highest BCUT2D eigenvalue weighted by Gasteiger charge is 2.29. The largest absolute Gasteiger partial charge is 0.508 e. The molecular weight excluding hydrogens is 222 g/mol. The summed E-state index contributed by atoms with van der Waals surface area (Å²) in [4.78, 5) is 2.54. The van der Waals surface area contributed by atoms with E-state index in [1.165, 1.54) is 38.8 Å². The fourth-order valence-electron chi connectivity index (χ4n) is 3.62. The minimum Gasteiger partial charge on any atom is -0.508 e. The highest BCUT2D eigenvalue weighted by Crippen LogP contribution is 2.37. The Hall–Kier alpha value is -1.02. The summed E-state index contributed by atoms with van der Waals surface area (Å²) in [5, 5.41) is 10.00. The Kier molecular flexibility index (Phi) is 3.29. The molecule has 1 heterocycles. The van der Waals surface area contributed by atoms with Crippen LogP contribution >= 0.6 is 0 Å². The molecule has 3 rings (SSSR count). The first kappa shape index (κ1) is 12.0. The zero-order valence-electron chi connectivity index (χ0n) is 11.2. The van der Waals surface area contributed by atoms with E-state index in [9.17, 15) is 5.11 Å². The van der Waals surface area contributed by atoms with E-state index in [0.29, 0.717) is 5.75 Å². The van der Waals surface area contributed by atoms with Crippen molar-refractivity contribution in [3.8, 4) is 5.75 Å². The van der Waals surface area contributed by atoms with Crippen LogP contribution in [0.2, 0.25) is 0 Å². The minimum atomic E-state index is 0.462. The lowest BCUT2D eigenvalue weighted by molar-refractivity contribution is 0.226. The number of benzene rings is 1. The lowest BCUT2D eigenvalue weighted by Crippen LogP contribution is -2.28. The number of fused-ring (bicyclic) bond motifs is 2. The van der Waals surface area contributed by atoms with Gasteiger partial charge in [-0.3, -0.25) is 4.90 Å². The standard InChI is InChI=1S/C16H23NO/c1-12-2-5-15(16(18)8-12)11-17-7-6-13-3-4-14(9-13)10-17/h2,5,8,13-14,18H,3-4,6-7,9-11H2,1H3/t13-,14-/m0/s1. The molecule has 2 nitrogen and oxygen atoms in total. The molecule has 0 radical (unpaired) electrons. The predicted molar refractivity (Wildman–Crippen MR) is 73.6 cm³/mol. The second-order valence-corrected chi connectivity index (χ2v) is 6.20. The topological polar surface area (TPSA) is 23.5 Å². The highest BCUT2D eigenvalue weighted by atomic mass is 16.3. The molecule has 1 aromatic rings. The normalized spacial score (nSPS) is 28.3. The zero-order valence-corrected chi connectivity index (χ0v) is 11.2. The molecule has 0 unspecified atom stereocenters. The van der Waals surface area contributed by atoms with Crippen LogP contribution < -0.4 is 0 Å². The van der Waals surface area contributed by atoms with E-state index in [4.69, 9.17) is 0 Å². The van der Waals surface area contributed by atoms with Gasteiger partial charge in [0.1, 0.15) is 5.75 Å². The summed E-state index contributed by atoms with van der Waals surface area (Å²) in [6, 6.07) is 6.05. The molecule has 0 aromatic heterocycles. The van der Waals surface area contributed by atoms with Crippen LogP contribution in [0.25, 0.3) is 0 Å². The van der Waals surface area contributed by atoms with Gasteiger partial charge >= 0.3 is 0 Å². The molecule has 1 aliphatic carbocycles. The van der Waals surface area contributed by atoms with Gasteiger partial charge in [-0.1, -0.05) is 18.6 Å². The van der Waals surface area contributed by atoms with Crippen LogP contribution in [0.4, 0.5) is 0 Å². The average molecular weight is 245 g/mol. The first-order chi connectivity index (χ1) is 8.70. The van der Waals surface area contributed by atoms with Crippen LogP contribution in [-0.4, -0.2) is 23.1 Å². The molecule has 2 atom stereocenters. The fourth-order valence-corrected chi connectivity index (χ4v) is 3.62. The van der Waals surface area contributed by atoms with Crippen LogP contribution in [0.1, 0.15) is 36.8 Å². The van der Waals surface area contributed by atoms with Gasteiger partial charge in [-0.15, -0.1) is 0 Å². The number of likely N-dealkylation sites (tertiary alicyclic amines) is 1. The molecule has 1 saturated carbocycles. The zero-order chi connectivity index (χ0) is 12.5. The molecule has 18 heavy (non-hydrogen) atoms. The van der Waals surface area contributed by atoms with Crippen molar-refractivity contribution in [3.05, 3.63) is 29.3 Å². The molecule has 0 spiro atoms. The summed E-state index contributed by atoms with van der Waals surface area (Å²) in [7, 11) is 0. The van der Waals surface area contributed by atoms with E-state index in [1.54, 1.807) is 0 Å². The van der Waals surface area contributed by atoms with Gasteiger partial charge in [-0.25, -0.2) is 0 Å². The van der Waals surface area contributed by atoms with E-state index in [1.807, 2.05) is 13.0 Å². The van der Waals surface area contributed by atoms with Gasteiger partial charge in [0.15, 0.2) is 0 Å². The minimum absolute atomic E-state index is 0.462. The maximum absolute atomic E-state index is 10.00. The van der Waals surface area contributed by atoms with Gasteiger partial charge in [-0.2, -0.15) is 0 Å². The van der Waals surface area contributed by atoms with E-state index >= 15 is 0 Å². The molecule has 1 aliphatic heterocycles. The Morgan fingerprint density at radius 1 is 1.22 bits per heavy atom. The summed E-state index contributed by atoms with van der Waals surface area (Å²) in [6.45, 7) is 5.36. The molecule has 1 aromatic carbocycles. The molecular formula is C16H23NO. The Morgan fingerprint density at radius 2 is 2.06 bits per heavy atom. The summed E-state index contributed by atoms with van der Waals surface area (Å²) in [6.07, 6.45) is 5.66. The van der Waals surface area contributed by atoms with Crippen LogP contribution in [0.3, 0.4) is 0 Å². The molecule has 0 amide bonds. The summed E-state index contributed by atoms with van der Waals surface area (Å²) < 4.78 is 0. The van der Waals surface area contributed by atoms with E-state index < -0.39 is 0 Å². The number of hydrogen-bond donors (Lipinski definition) is 1.